The van der Waals surface area contributed by atoms with Crippen molar-refractivity contribution < 1.29 is 4.74 Å². The van der Waals surface area contributed by atoms with Crippen molar-refractivity contribution in [2.24, 2.45) is 11.8 Å². The molecule has 0 spiro atoms. The van der Waals surface area contributed by atoms with E-state index >= 15 is 0 Å². The minimum atomic E-state index is 0.415. The first-order chi connectivity index (χ1) is 7.20. The maximum absolute atomic E-state index is 6.00. The van der Waals surface area contributed by atoms with Gasteiger partial charge in [0.05, 0.1) is 6.61 Å². The van der Waals surface area contributed by atoms with Gasteiger partial charge in [0.25, 0.3) is 0 Å². The first-order valence-corrected chi connectivity index (χ1v) is 6.53. The van der Waals surface area contributed by atoms with Gasteiger partial charge in [0.1, 0.15) is 6.23 Å². The molecule has 2 fully saturated rings. The molecule has 88 valence electrons. The molecule has 1 aliphatic carbocycles. The van der Waals surface area contributed by atoms with E-state index in [1.807, 2.05) is 0 Å². The number of hydrogen-bond donors (Lipinski definition) is 0. The van der Waals surface area contributed by atoms with Crippen LogP contribution in [0.5, 0.6) is 0 Å². The third-order valence-corrected chi connectivity index (χ3v) is 4.18. The molecule has 2 atom stereocenters. The van der Waals surface area contributed by atoms with Gasteiger partial charge in [-0.1, -0.05) is 33.1 Å². The Bertz CT molecular complexity index is 199. The Morgan fingerprint density at radius 3 is 2.33 bits per heavy atom. The van der Waals surface area contributed by atoms with Crippen LogP contribution in [0.3, 0.4) is 0 Å². The molecule has 15 heavy (non-hydrogen) atoms. The van der Waals surface area contributed by atoms with Crippen LogP contribution in [0.4, 0.5) is 0 Å². The lowest BCUT2D eigenvalue weighted by molar-refractivity contribution is -0.0183. The van der Waals surface area contributed by atoms with E-state index in [4.69, 9.17) is 4.74 Å². The highest BCUT2D eigenvalue weighted by Gasteiger charge is 2.37. The zero-order chi connectivity index (χ0) is 10.8. The molecular formula is C13H25NO. The summed E-state index contributed by atoms with van der Waals surface area (Å²) < 4.78 is 6.00. The smallest absolute Gasteiger partial charge is 0.113 e. The molecule has 0 N–H and O–H groups in total. The van der Waals surface area contributed by atoms with E-state index < -0.39 is 0 Å². The molecule has 2 aliphatic rings. The van der Waals surface area contributed by atoms with E-state index in [2.05, 4.69) is 25.8 Å². The maximum atomic E-state index is 6.00. The fourth-order valence-electron chi connectivity index (χ4n) is 3.17. The Morgan fingerprint density at radius 1 is 1.13 bits per heavy atom. The van der Waals surface area contributed by atoms with E-state index in [1.165, 1.54) is 32.1 Å². The maximum Gasteiger partial charge on any atom is 0.113 e. The van der Waals surface area contributed by atoms with E-state index in [9.17, 15) is 0 Å². The lowest BCUT2D eigenvalue weighted by Gasteiger charge is -2.33. The number of hydrogen-bond acceptors (Lipinski definition) is 2. The lowest BCUT2D eigenvalue weighted by Crippen LogP contribution is -2.40. The van der Waals surface area contributed by atoms with E-state index in [0.717, 1.165) is 12.5 Å². The molecule has 1 heterocycles. The molecule has 2 heteroatoms. The fourth-order valence-corrected chi connectivity index (χ4v) is 3.17. The van der Waals surface area contributed by atoms with Gasteiger partial charge in [0.2, 0.25) is 0 Å². The van der Waals surface area contributed by atoms with Gasteiger partial charge in [0.15, 0.2) is 0 Å². The van der Waals surface area contributed by atoms with Crippen molar-refractivity contribution >= 4 is 0 Å². The third-order valence-electron chi connectivity index (χ3n) is 4.18. The van der Waals surface area contributed by atoms with Gasteiger partial charge in [-0.3, -0.25) is 4.90 Å². The minimum Gasteiger partial charge on any atom is -0.361 e. The average Bonchev–Trinajstić information content (AvgIpc) is 2.61. The summed E-state index contributed by atoms with van der Waals surface area (Å²) in [6.45, 7) is 5.54. The number of ether oxygens (including phenoxy) is 1. The quantitative estimate of drug-likeness (QED) is 0.696. The van der Waals surface area contributed by atoms with Gasteiger partial charge in [-0.25, -0.2) is 0 Å². The van der Waals surface area contributed by atoms with Crippen molar-refractivity contribution in [1.82, 2.24) is 4.90 Å². The molecule has 1 saturated carbocycles. The van der Waals surface area contributed by atoms with Crippen LogP contribution in [0.15, 0.2) is 0 Å². The summed E-state index contributed by atoms with van der Waals surface area (Å²) >= 11 is 0. The van der Waals surface area contributed by atoms with Gasteiger partial charge < -0.3 is 4.74 Å². The summed E-state index contributed by atoms with van der Waals surface area (Å²) in [5, 5.41) is 0. The first-order valence-electron chi connectivity index (χ1n) is 6.53. The summed E-state index contributed by atoms with van der Waals surface area (Å²) in [4.78, 5) is 2.49. The molecule has 1 aliphatic heterocycles. The second kappa shape index (κ2) is 4.84. The SMILES string of the molecule is CC(C)[C@H]1CO[C@@H](C2CCCCC2)N1C. The zero-order valence-electron chi connectivity index (χ0n) is 10.4. The van der Waals surface area contributed by atoms with Crippen LogP contribution < -0.4 is 0 Å². The Morgan fingerprint density at radius 2 is 1.80 bits per heavy atom. The van der Waals surface area contributed by atoms with Crippen LogP contribution in [-0.4, -0.2) is 30.8 Å². The molecule has 0 radical (unpaired) electrons. The lowest BCUT2D eigenvalue weighted by atomic mass is 9.87. The Labute approximate surface area is 94.0 Å². The standard InChI is InChI=1S/C13H25NO/c1-10(2)12-9-15-13(14(12)3)11-7-5-4-6-8-11/h10-13H,4-9H2,1-3H3/t12-,13+/m1/s1. The van der Waals surface area contributed by atoms with E-state index in [-0.39, 0.29) is 0 Å². The molecule has 2 nitrogen and oxygen atoms in total. The van der Waals surface area contributed by atoms with E-state index in [1.54, 1.807) is 0 Å². The predicted octanol–water partition coefficient (Wildman–Crippen LogP) is 2.88. The Hall–Kier alpha value is -0.0800. The highest BCUT2D eigenvalue weighted by molar-refractivity contribution is 4.85. The second-order valence-corrected chi connectivity index (χ2v) is 5.60. The largest absolute Gasteiger partial charge is 0.361 e. The summed E-state index contributed by atoms with van der Waals surface area (Å²) in [5.74, 6) is 1.51. The zero-order valence-corrected chi connectivity index (χ0v) is 10.4. The summed E-state index contributed by atoms with van der Waals surface area (Å²) in [5.41, 5.74) is 0. The van der Waals surface area contributed by atoms with Gasteiger partial charge in [-0.2, -0.15) is 0 Å². The van der Waals surface area contributed by atoms with Crippen molar-refractivity contribution in [3.63, 3.8) is 0 Å². The topological polar surface area (TPSA) is 12.5 Å². The van der Waals surface area contributed by atoms with Crippen molar-refractivity contribution in [1.29, 1.82) is 0 Å². The number of rotatable bonds is 2. The first kappa shape index (κ1) is 11.4. The summed E-state index contributed by atoms with van der Waals surface area (Å²) in [7, 11) is 2.25. The molecule has 0 unspecified atom stereocenters. The molecule has 1 saturated heterocycles. The monoisotopic (exact) mass is 211 g/mol. The highest BCUT2D eigenvalue weighted by atomic mass is 16.5. The summed E-state index contributed by atoms with van der Waals surface area (Å²) in [6.07, 6.45) is 7.41. The average molecular weight is 211 g/mol. The van der Waals surface area contributed by atoms with Gasteiger partial charge in [-0.15, -0.1) is 0 Å². The molecule has 2 rings (SSSR count). The van der Waals surface area contributed by atoms with Crippen LogP contribution in [0.2, 0.25) is 0 Å². The Balaban J connectivity index is 1.93. The molecular weight excluding hydrogens is 186 g/mol. The van der Waals surface area contributed by atoms with Crippen molar-refractivity contribution in [2.75, 3.05) is 13.7 Å². The predicted molar refractivity (Wildman–Crippen MR) is 62.7 cm³/mol. The molecule has 0 aromatic rings. The van der Waals surface area contributed by atoms with Crippen LogP contribution in [0.25, 0.3) is 0 Å². The van der Waals surface area contributed by atoms with Gasteiger partial charge in [0, 0.05) is 6.04 Å². The van der Waals surface area contributed by atoms with Gasteiger partial charge in [-0.05, 0) is 31.7 Å². The highest BCUT2D eigenvalue weighted by Crippen LogP contribution is 2.34. The van der Waals surface area contributed by atoms with Gasteiger partial charge >= 0.3 is 0 Å². The van der Waals surface area contributed by atoms with Crippen molar-refractivity contribution in [3.8, 4) is 0 Å². The number of likely N-dealkylation sites (N-methyl/N-ethyl adjacent to an activating group) is 1. The van der Waals surface area contributed by atoms with Crippen LogP contribution in [0.1, 0.15) is 46.0 Å². The minimum absolute atomic E-state index is 0.415. The molecule has 0 aromatic carbocycles. The second-order valence-electron chi connectivity index (χ2n) is 5.60. The molecule has 0 aromatic heterocycles. The Kier molecular flexibility index (Phi) is 3.68. The molecule has 0 bridgehead atoms. The van der Waals surface area contributed by atoms with Crippen LogP contribution in [0, 0.1) is 11.8 Å². The molecule has 0 amide bonds. The van der Waals surface area contributed by atoms with Crippen LogP contribution >= 0.6 is 0 Å². The normalized spacial score (nSPS) is 35.2. The number of nitrogens with zero attached hydrogens (tertiary/aromatic N) is 1. The van der Waals surface area contributed by atoms with Crippen molar-refractivity contribution in [2.45, 2.75) is 58.2 Å². The van der Waals surface area contributed by atoms with Crippen LogP contribution in [-0.2, 0) is 4.74 Å². The third kappa shape index (κ3) is 2.36. The fraction of sp³-hybridized carbons (Fsp3) is 1.00. The van der Waals surface area contributed by atoms with E-state index in [0.29, 0.717) is 18.2 Å². The van der Waals surface area contributed by atoms with Crippen molar-refractivity contribution in [3.05, 3.63) is 0 Å². The summed E-state index contributed by atoms with van der Waals surface area (Å²) in [6, 6.07) is 0.636.